The molecule has 0 heterocycles. The van der Waals surface area contributed by atoms with Crippen molar-refractivity contribution in [3.8, 4) is 0 Å². The highest BCUT2D eigenvalue weighted by Gasteiger charge is 2.06. The zero-order valence-electron chi connectivity index (χ0n) is 9.92. The van der Waals surface area contributed by atoms with Crippen LogP contribution >= 0.6 is 0 Å². The molecule has 0 fully saturated rings. The fraction of sp³-hybridized carbons (Fsp3) is 0.500. The van der Waals surface area contributed by atoms with Gasteiger partial charge in [-0.1, -0.05) is 12.2 Å². The number of carbonyl (C=O) groups is 4. The molecule has 0 aliphatic rings. The maximum absolute atomic E-state index is 11.0. The number of carboxylic acids is 2. The minimum absolute atomic E-state index is 0.159. The Kier molecular flexibility index (Phi) is 8.09. The van der Waals surface area contributed by atoms with Crippen LogP contribution < -0.4 is 0 Å². The quantitative estimate of drug-likeness (QED) is 0.449. The Hall–Kier alpha value is -1.98. The van der Waals surface area contributed by atoms with Gasteiger partial charge in [0.1, 0.15) is 24.4 Å². The van der Waals surface area contributed by atoms with Crippen molar-refractivity contribution < 1.29 is 29.4 Å². The molecule has 0 aromatic heterocycles. The molecule has 0 saturated carbocycles. The van der Waals surface area contributed by atoms with E-state index in [1.807, 2.05) is 0 Å². The molecule has 0 rings (SSSR count). The Balaban J connectivity index is 3.60. The monoisotopic (exact) mass is 256 g/mol. The molecule has 0 aliphatic carbocycles. The first kappa shape index (κ1) is 16.0. The molecule has 0 aromatic rings. The molecule has 0 atom stereocenters. The molecule has 18 heavy (non-hydrogen) atoms. The second-order valence-corrected chi connectivity index (χ2v) is 3.77. The van der Waals surface area contributed by atoms with E-state index in [2.05, 4.69) is 0 Å². The molecule has 2 N–H and O–H groups in total. The summed E-state index contributed by atoms with van der Waals surface area (Å²) in [6.07, 6.45) is 3.62. The van der Waals surface area contributed by atoms with Crippen LogP contribution in [0.5, 0.6) is 0 Å². The average Bonchev–Trinajstić information content (AvgIpc) is 2.20. The van der Waals surface area contributed by atoms with E-state index >= 15 is 0 Å². The summed E-state index contributed by atoms with van der Waals surface area (Å²) in [6, 6.07) is 0. The van der Waals surface area contributed by atoms with E-state index in [1.165, 1.54) is 0 Å². The average molecular weight is 256 g/mol. The Morgan fingerprint density at radius 3 is 1.33 bits per heavy atom. The molecular formula is C12H16O6. The van der Waals surface area contributed by atoms with Gasteiger partial charge in [-0.25, -0.2) is 0 Å². The van der Waals surface area contributed by atoms with Crippen LogP contribution in [0.15, 0.2) is 12.2 Å². The Labute approximate surface area is 104 Å². The van der Waals surface area contributed by atoms with E-state index < -0.39 is 24.8 Å². The van der Waals surface area contributed by atoms with E-state index in [-0.39, 0.29) is 24.4 Å². The predicted molar refractivity (Wildman–Crippen MR) is 62.1 cm³/mol. The molecule has 0 amide bonds. The highest BCUT2D eigenvalue weighted by atomic mass is 16.4. The van der Waals surface area contributed by atoms with Crippen LogP contribution in [0, 0.1) is 0 Å². The number of hydrogen-bond acceptors (Lipinski definition) is 4. The molecule has 0 radical (unpaired) electrons. The third-order valence-electron chi connectivity index (χ3n) is 2.04. The van der Waals surface area contributed by atoms with Crippen molar-refractivity contribution >= 4 is 23.5 Å². The standard InChI is InChI=1S/C12H16O6/c13-9(7-11(15)16)5-3-1-2-4-6-10(14)8-12(17)18/h1-2H,3-8H2,(H,15,16)(H,17,18). The van der Waals surface area contributed by atoms with Gasteiger partial charge in [-0.2, -0.15) is 0 Å². The van der Waals surface area contributed by atoms with Crippen LogP contribution in [0.4, 0.5) is 0 Å². The molecule has 6 heteroatoms. The van der Waals surface area contributed by atoms with Gasteiger partial charge >= 0.3 is 11.9 Å². The van der Waals surface area contributed by atoms with Crippen LogP contribution in [-0.2, 0) is 19.2 Å². The first-order valence-electron chi connectivity index (χ1n) is 5.53. The second kappa shape index (κ2) is 9.09. The largest absolute Gasteiger partial charge is 0.481 e. The lowest BCUT2D eigenvalue weighted by atomic mass is 10.1. The molecule has 100 valence electrons. The van der Waals surface area contributed by atoms with E-state index in [1.54, 1.807) is 12.2 Å². The Morgan fingerprint density at radius 2 is 1.06 bits per heavy atom. The number of carbonyl (C=O) groups excluding carboxylic acids is 2. The van der Waals surface area contributed by atoms with Crippen molar-refractivity contribution in [3.05, 3.63) is 12.2 Å². The summed E-state index contributed by atoms with van der Waals surface area (Å²) >= 11 is 0. The third kappa shape index (κ3) is 10.5. The van der Waals surface area contributed by atoms with Crippen molar-refractivity contribution in [1.29, 1.82) is 0 Å². The fourth-order valence-corrected chi connectivity index (χ4v) is 1.24. The summed E-state index contributed by atoms with van der Waals surface area (Å²) in [7, 11) is 0. The number of rotatable bonds is 10. The maximum Gasteiger partial charge on any atom is 0.310 e. The summed E-state index contributed by atoms with van der Waals surface area (Å²) in [4.78, 5) is 42.3. The van der Waals surface area contributed by atoms with Gasteiger partial charge in [-0.15, -0.1) is 0 Å². The topological polar surface area (TPSA) is 109 Å². The van der Waals surface area contributed by atoms with Gasteiger partial charge in [0.25, 0.3) is 0 Å². The molecule has 0 spiro atoms. The highest BCUT2D eigenvalue weighted by Crippen LogP contribution is 2.01. The van der Waals surface area contributed by atoms with Crippen molar-refractivity contribution in [1.82, 2.24) is 0 Å². The molecule has 0 aromatic carbocycles. The van der Waals surface area contributed by atoms with Gasteiger partial charge in [-0.3, -0.25) is 19.2 Å². The number of aliphatic carboxylic acids is 2. The van der Waals surface area contributed by atoms with Crippen LogP contribution in [0.1, 0.15) is 38.5 Å². The first-order chi connectivity index (χ1) is 8.41. The zero-order chi connectivity index (χ0) is 14.0. The summed E-state index contributed by atoms with van der Waals surface area (Å²) in [5, 5.41) is 16.7. The lowest BCUT2D eigenvalue weighted by Gasteiger charge is -1.94. The highest BCUT2D eigenvalue weighted by molar-refractivity contribution is 5.95. The van der Waals surface area contributed by atoms with Gasteiger partial charge in [0.05, 0.1) is 0 Å². The summed E-state index contributed by atoms with van der Waals surface area (Å²) < 4.78 is 0. The number of Topliss-reactive ketones (excluding diaryl/α,β-unsaturated/α-hetero) is 2. The fourth-order valence-electron chi connectivity index (χ4n) is 1.24. The molecular weight excluding hydrogens is 240 g/mol. The van der Waals surface area contributed by atoms with Gasteiger partial charge < -0.3 is 10.2 Å². The van der Waals surface area contributed by atoms with Crippen LogP contribution in [0.2, 0.25) is 0 Å². The van der Waals surface area contributed by atoms with Crippen molar-refractivity contribution in [2.24, 2.45) is 0 Å². The molecule has 0 saturated heterocycles. The van der Waals surface area contributed by atoms with Gasteiger partial charge in [-0.05, 0) is 12.8 Å². The molecule has 6 nitrogen and oxygen atoms in total. The molecule has 0 aliphatic heterocycles. The number of hydrogen-bond donors (Lipinski definition) is 2. The van der Waals surface area contributed by atoms with Gasteiger partial charge in [0, 0.05) is 12.8 Å². The predicted octanol–water partition coefficient (Wildman–Crippen LogP) is 1.19. The second-order valence-electron chi connectivity index (χ2n) is 3.77. The van der Waals surface area contributed by atoms with Crippen molar-refractivity contribution in [3.63, 3.8) is 0 Å². The SMILES string of the molecule is O=C(O)CC(=O)CCC=CCCC(=O)CC(=O)O. The number of allylic oxidation sites excluding steroid dienone is 2. The smallest absolute Gasteiger partial charge is 0.310 e. The lowest BCUT2D eigenvalue weighted by molar-refractivity contribution is -0.141. The van der Waals surface area contributed by atoms with E-state index in [0.717, 1.165) is 0 Å². The maximum atomic E-state index is 11.0. The summed E-state index contributed by atoms with van der Waals surface area (Å²) in [6.45, 7) is 0. The summed E-state index contributed by atoms with van der Waals surface area (Å²) in [5.41, 5.74) is 0. The van der Waals surface area contributed by atoms with Crippen LogP contribution in [0.3, 0.4) is 0 Å². The molecule has 0 unspecified atom stereocenters. The van der Waals surface area contributed by atoms with Gasteiger partial charge in [0.15, 0.2) is 0 Å². The molecule has 0 bridgehead atoms. The third-order valence-corrected chi connectivity index (χ3v) is 2.04. The normalized spacial score (nSPS) is 10.4. The number of ketones is 2. The minimum Gasteiger partial charge on any atom is -0.481 e. The Morgan fingerprint density at radius 1 is 0.722 bits per heavy atom. The van der Waals surface area contributed by atoms with Crippen molar-refractivity contribution in [2.45, 2.75) is 38.5 Å². The van der Waals surface area contributed by atoms with E-state index in [0.29, 0.717) is 12.8 Å². The summed E-state index contributed by atoms with van der Waals surface area (Å²) in [5.74, 6) is -2.95. The van der Waals surface area contributed by atoms with Crippen molar-refractivity contribution in [2.75, 3.05) is 0 Å². The van der Waals surface area contributed by atoms with Crippen LogP contribution in [-0.4, -0.2) is 33.7 Å². The minimum atomic E-state index is -1.14. The van der Waals surface area contributed by atoms with E-state index in [4.69, 9.17) is 10.2 Å². The Bertz CT molecular complexity index is 322. The number of carboxylic acid groups (broad SMARTS) is 2. The van der Waals surface area contributed by atoms with Gasteiger partial charge in [0.2, 0.25) is 0 Å². The lowest BCUT2D eigenvalue weighted by Crippen LogP contribution is -2.06. The first-order valence-corrected chi connectivity index (χ1v) is 5.53. The zero-order valence-corrected chi connectivity index (χ0v) is 9.92. The van der Waals surface area contributed by atoms with E-state index in [9.17, 15) is 19.2 Å². The van der Waals surface area contributed by atoms with Crippen LogP contribution in [0.25, 0.3) is 0 Å².